The molecule has 0 amide bonds. The fraction of sp³-hybridized carbons (Fsp3) is 0.308. The zero-order valence-corrected chi connectivity index (χ0v) is 11.2. The molecule has 0 aliphatic carbocycles. The molecule has 0 atom stereocenters. The van der Waals surface area contributed by atoms with Crippen molar-refractivity contribution in [1.82, 2.24) is 0 Å². The second-order valence-corrected chi connectivity index (χ2v) is 5.63. The summed E-state index contributed by atoms with van der Waals surface area (Å²) in [5, 5.41) is 10.1. The molecule has 4 heteroatoms. The average molecular weight is 297 g/mol. The van der Waals surface area contributed by atoms with Crippen molar-refractivity contribution in [2.45, 2.75) is 20.3 Å². The van der Waals surface area contributed by atoms with Crippen molar-refractivity contribution in [3.63, 3.8) is 0 Å². The van der Waals surface area contributed by atoms with Crippen LogP contribution in [0.1, 0.15) is 19.4 Å². The molecule has 0 aliphatic rings. The van der Waals surface area contributed by atoms with Crippen molar-refractivity contribution in [2.75, 3.05) is 0 Å². The standard InChI is InChI=1S/C13H13BrO3/c1-13(2,12(15)16)6-8-3-4-11-9(5-8)10(14)7-17-11/h3-5,7H,6H2,1-2H3,(H,15,16). The fourth-order valence-corrected chi connectivity index (χ4v) is 2.14. The maximum atomic E-state index is 11.1. The van der Waals surface area contributed by atoms with Crippen LogP contribution in [0.3, 0.4) is 0 Å². The van der Waals surface area contributed by atoms with Crippen LogP contribution in [0.2, 0.25) is 0 Å². The van der Waals surface area contributed by atoms with Crippen molar-refractivity contribution in [1.29, 1.82) is 0 Å². The molecule has 1 aromatic heterocycles. The van der Waals surface area contributed by atoms with E-state index in [1.807, 2.05) is 18.2 Å². The molecule has 0 saturated carbocycles. The molecule has 0 spiro atoms. The minimum atomic E-state index is -0.788. The zero-order valence-electron chi connectivity index (χ0n) is 9.66. The van der Waals surface area contributed by atoms with Gasteiger partial charge in [0.05, 0.1) is 9.89 Å². The van der Waals surface area contributed by atoms with E-state index < -0.39 is 11.4 Å². The first-order chi connectivity index (χ1) is 7.90. The van der Waals surface area contributed by atoms with Gasteiger partial charge in [-0.05, 0) is 53.9 Å². The zero-order chi connectivity index (χ0) is 12.6. The van der Waals surface area contributed by atoms with Crippen molar-refractivity contribution >= 4 is 32.9 Å². The van der Waals surface area contributed by atoms with Crippen LogP contribution in [0.25, 0.3) is 11.0 Å². The quantitative estimate of drug-likeness (QED) is 0.936. The third-order valence-corrected chi connectivity index (χ3v) is 3.43. The van der Waals surface area contributed by atoms with Gasteiger partial charge in [0.2, 0.25) is 0 Å². The number of carbonyl (C=O) groups is 1. The normalized spacial score (nSPS) is 11.9. The highest BCUT2D eigenvalue weighted by Crippen LogP contribution is 2.29. The third-order valence-electron chi connectivity index (χ3n) is 2.82. The maximum absolute atomic E-state index is 11.1. The number of furan rings is 1. The first-order valence-electron chi connectivity index (χ1n) is 5.29. The summed E-state index contributed by atoms with van der Waals surface area (Å²) in [5.41, 5.74) is 1.03. The summed E-state index contributed by atoms with van der Waals surface area (Å²) < 4.78 is 6.21. The molecule has 0 unspecified atom stereocenters. The Kier molecular flexibility index (Phi) is 3.00. The molecule has 1 heterocycles. The molecule has 3 nitrogen and oxygen atoms in total. The van der Waals surface area contributed by atoms with E-state index in [0.717, 1.165) is 21.0 Å². The number of benzene rings is 1. The summed E-state index contributed by atoms with van der Waals surface area (Å²) in [6, 6.07) is 5.74. The summed E-state index contributed by atoms with van der Waals surface area (Å²) in [6.45, 7) is 3.45. The molecule has 1 N–H and O–H groups in total. The summed E-state index contributed by atoms with van der Waals surface area (Å²) in [6.07, 6.45) is 2.13. The van der Waals surface area contributed by atoms with Crippen molar-refractivity contribution in [3.05, 3.63) is 34.5 Å². The van der Waals surface area contributed by atoms with E-state index in [-0.39, 0.29) is 0 Å². The molecule has 0 fully saturated rings. The Bertz CT molecular complexity index is 569. The maximum Gasteiger partial charge on any atom is 0.309 e. The highest BCUT2D eigenvalue weighted by atomic mass is 79.9. The van der Waals surface area contributed by atoms with Gasteiger partial charge in [-0.1, -0.05) is 6.07 Å². The largest absolute Gasteiger partial charge is 0.481 e. The molecule has 0 radical (unpaired) electrons. The monoisotopic (exact) mass is 296 g/mol. The fourth-order valence-electron chi connectivity index (χ4n) is 1.74. The van der Waals surface area contributed by atoms with Crippen LogP contribution < -0.4 is 0 Å². The summed E-state index contributed by atoms with van der Waals surface area (Å²) in [5.74, 6) is -0.788. The highest BCUT2D eigenvalue weighted by molar-refractivity contribution is 9.10. The van der Waals surface area contributed by atoms with Crippen LogP contribution in [0.4, 0.5) is 0 Å². The molecular weight excluding hydrogens is 284 g/mol. The minimum absolute atomic E-state index is 0.496. The van der Waals surface area contributed by atoms with Crippen LogP contribution in [-0.4, -0.2) is 11.1 Å². The average Bonchev–Trinajstić information content (AvgIpc) is 2.60. The summed E-state index contributed by atoms with van der Waals surface area (Å²) >= 11 is 3.40. The van der Waals surface area contributed by atoms with E-state index in [1.54, 1.807) is 20.1 Å². The Morgan fingerprint density at radius 3 is 2.82 bits per heavy atom. The second-order valence-electron chi connectivity index (χ2n) is 4.78. The SMILES string of the molecule is CC(C)(Cc1ccc2occ(Br)c2c1)C(=O)O. The van der Waals surface area contributed by atoms with Gasteiger partial charge < -0.3 is 9.52 Å². The van der Waals surface area contributed by atoms with E-state index in [4.69, 9.17) is 9.52 Å². The van der Waals surface area contributed by atoms with Crippen LogP contribution in [0.15, 0.2) is 33.4 Å². The first kappa shape index (κ1) is 12.2. The number of hydrogen-bond donors (Lipinski definition) is 1. The lowest BCUT2D eigenvalue weighted by molar-refractivity contribution is -0.146. The molecule has 1 aromatic carbocycles. The predicted molar refractivity (Wildman–Crippen MR) is 69.0 cm³/mol. The second kappa shape index (κ2) is 4.18. The van der Waals surface area contributed by atoms with Crippen LogP contribution in [-0.2, 0) is 11.2 Å². The topological polar surface area (TPSA) is 50.4 Å². The van der Waals surface area contributed by atoms with Gasteiger partial charge in [-0.15, -0.1) is 0 Å². The Morgan fingerprint density at radius 2 is 2.18 bits per heavy atom. The number of carboxylic acid groups (broad SMARTS) is 1. The lowest BCUT2D eigenvalue weighted by Crippen LogP contribution is -2.26. The Morgan fingerprint density at radius 1 is 1.47 bits per heavy atom. The van der Waals surface area contributed by atoms with E-state index in [0.29, 0.717) is 6.42 Å². The van der Waals surface area contributed by atoms with Gasteiger partial charge in [-0.2, -0.15) is 0 Å². The van der Waals surface area contributed by atoms with E-state index in [1.165, 1.54) is 0 Å². The number of aliphatic carboxylic acids is 1. The van der Waals surface area contributed by atoms with Crippen molar-refractivity contribution in [3.8, 4) is 0 Å². The molecule has 0 aliphatic heterocycles. The lowest BCUT2D eigenvalue weighted by Gasteiger charge is -2.18. The number of halogens is 1. The van der Waals surface area contributed by atoms with Crippen molar-refractivity contribution < 1.29 is 14.3 Å². The van der Waals surface area contributed by atoms with Gasteiger partial charge in [0.25, 0.3) is 0 Å². The van der Waals surface area contributed by atoms with Crippen LogP contribution >= 0.6 is 15.9 Å². The predicted octanol–water partition coefficient (Wildman–Crippen LogP) is 3.85. The van der Waals surface area contributed by atoms with Gasteiger partial charge >= 0.3 is 5.97 Å². The van der Waals surface area contributed by atoms with E-state index in [9.17, 15) is 4.79 Å². The Hall–Kier alpha value is -1.29. The molecular formula is C13H13BrO3. The highest BCUT2D eigenvalue weighted by Gasteiger charge is 2.27. The third kappa shape index (κ3) is 2.36. The molecule has 2 aromatic rings. The number of carboxylic acids is 1. The Balaban J connectivity index is 2.37. The molecule has 90 valence electrons. The van der Waals surface area contributed by atoms with Gasteiger partial charge in [0.15, 0.2) is 0 Å². The van der Waals surface area contributed by atoms with Gasteiger partial charge in [-0.25, -0.2) is 0 Å². The smallest absolute Gasteiger partial charge is 0.309 e. The van der Waals surface area contributed by atoms with Crippen LogP contribution in [0, 0.1) is 5.41 Å². The number of hydrogen-bond acceptors (Lipinski definition) is 2. The lowest BCUT2D eigenvalue weighted by atomic mass is 9.86. The molecule has 0 bridgehead atoms. The Labute approximate surface area is 108 Å². The molecule has 17 heavy (non-hydrogen) atoms. The minimum Gasteiger partial charge on any atom is -0.481 e. The van der Waals surface area contributed by atoms with E-state index in [2.05, 4.69) is 15.9 Å². The van der Waals surface area contributed by atoms with Gasteiger partial charge in [-0.3, -0.25) is 4.79 Å². The molecule has 2 rings (SSSR count). The number of fused-ring (bicyclic) bond motifs is 1. The van der Waals surface area contributed by atoms with Gasteiger partial charge in [0, 0.05) is 5.39 Å². The van der Waals surface area contributed by atoms with Gasteiger partial charge in [0.1, 0.15) is 11.8 Å². The summed E-state index contributed by atoms with van der Waals surface area (Å²) in [4.78, 5) is 11.1. The summed E-state index contributed by atoms with van der Waals surface area (Å²) in [7, 11) is 0. The van der Waals surface area contributed by atoms with E-state index >= 15 is 0 Å². The van der Waals surface area contributed by atoms with Crippen LogP contribution in [0.5, 0.6) is 0 Å². The first-order valence-corrected chi connectivity index (χ1v) is 6.08. The van der Waals surface area contributed by atoms with Crippen molar-refractivity contribution in [2.24, 2.45) is 5.41 Å². The number of rotatable bonds is 3. The molecule has 0 saturated heterocycles.